The van der Waals surface area contributed by atoms with Crippen LogP contribution in [0.5, 0.6) is 0 Å². The van der Waals surface area contributed by atoms with Crippen molar-refractivity contribution in [2.75, 3.05) is 0 Å². The standard InChI is InChI=1S/C20H20O4/c1-13(2)19(21)23-11-15-5-7-18-10-16(6-8-17(18)9-15)12-24-20(22)14(3)4/h5-10H,1,3,11-12H2,2,4H3. The van der Waals surface area contributed by atoms with E-state index < -0.39 is 11.9 Å². The lowest BCUT2D eigenvalue weighted by atomic mass is 10.0. The molecule has 0 aromatic heterocycles. The van der Waals surface area contributed by atoms with Crippen molar-refractivity contribution >= 4 is 22.7 Å². The van der Waals surface area contributed by atoms with Crippen LogP contribution in [-0.2, 0) is 32.3 Å². The summed E-state index contributed by atoms with van der Waals surface area (Å²) in [5, 5.41) is 2.04. The molecule has 0 saturated heterocycles. The number of benzene rings is 2. The Bertz CT molecular complexity index is 748. The topological polar surface area (TPSA) is 52.6 Å². The van der Waals surface area contributed by atoms with Crippen LogP contribution in [-0.4, -0.2) is 11.9 Å². The lowest BCUT2D eigenvalue weighted by molar-refractivity contribution is -0.141. The predicted octanol–water partition coefficient (Wildman–Crippen LogP) is 4.08. The van der Waals surface area contributed by atoms with Crippen LogP contribution in [0.1, 0.15) is 25.0 Å². The maximum Gasteiger partial charge on any atom is 0.333 e. The summed E-state index contributed by atoms with van der Waals surface area (Å²) in [4.78, 5) is 22.9. The van der Waals surface area contributed by atoms with E-state index in [1.165, 1.54) is 0 Å². The molecule has 0 atom stereocenters. The molecule has 0 radical (unpaired) electrons. The number of hydrogen-bond donors (Lipinski definition) is 0. The van der Waals surface area contributed by atoms with Crippen molar-refractivity contribution in [2.45, 2.75) is 27.1 Å². The summed E-state index contributed by atoms with van der Waals surface area (Å²) >= 11 is 0. The van der Waals surface area contributed by atoms with Gasteiger partial charge in [0.1, 0.15) is 13.2 Å². The Morgan fingerprint density at radius 1 is 0.792 bits per heavy atom. The zero-order valence-corrected chi connectivity index (χ0v) is 13.9. The maximum absolute atomic E-state index is 11.4. The van der Waals surface area contributed by atoms with Crippen LogP contribution in [0.15, 0.2) is 60.7 Å². The summed E-state index contributed by atoms with van der Waals surface area (Å²) in [6, 6.07) is 11.6. The van der Waals surface area contributed by atoms with Gasteiger partial charge in [0, 0.05) is 11.1 Å². The van der Waals surface area contributed by atoms with Gasteiger partial charge >= 0.3 is 11.9 Å². The Balaban J connectivity index is 2.07. The maximum atomic E-state index is 11.4. The van der Waals surface area contributed by atoms with Crippen molar-refractivity contribution in [2.24, 2.45) is 0 Å². The predicted molar refractivity (Wildman–Crippen MR) is 93.2 cm³/mol. The molecule has 2 aromatic rings. The highest BCUT2D eigenvalue weighted by Crippen LogP contribution is 2.19. The third kappa shape index (κ3) is 4.56. The molecule has 0 fully saturated rings. The molecule has 2 aromatic carbocycles. The van der Waals surface area contributed by atoms with Crippen molar-refractivity contribution in [3.63, 3.8) is 0 Å². The largest absolute Gasteiger partial charge is 0.457 e. The molecule has 4 nitrogen and oxygen atoms in total. The van der Waals surface area contributed by atoms with Crippen molar-refractivity contribution in [3.05, 3.63) is 71.8 Å². The van der Waals surface area contributed by atoms with E-state index in [-0.39, 0.29) is 13.2 Å². The van der Waals surface area contributed by atoms with E-state index in [4.69, 9.17) is 9.47 Å². The second-order valence-corrected chi connectivity index (χ2v) is 5.73. The minimum Gasteiger partial charge on any atom is -0.457 e. The number of hydrogen-bond acceptors (Lipinski definition) is 4. The molecule has 0 spiro atoms. The third-order valence-electron chi connectivity index (χ3n) is 3.41. The lowest BCUT2D eigenvalue weighted by Crippen LogP contribution is -2.05. The average Bonchev–Trinajstić information content (AvgIpc) is 2.56. The molecule has 0 aliphatic rings. The molecule has 0 aliphatic heterocycles. The molecule has 0 saturated carbocycles. The monoisotopic (exact) mass is 324 g/mol. The van der Waals surface area contributed by atoms with Crippen molar-refractivity contribution in [3.8, 4) is 0 Å². The Morgan fingerprint density at radius 3 is 1.50 bits per heavy atom. The molecule has 124 valence electrons. The quantitative estimate of drug-likeness (QED) is 0.593. The number of carbonyl (C=O) groups excluding carboxylic acids is 2. The van der Waals surface area contributed by atoms with E-state index in [1.54, 1.807) is 13.8 Å². The van der Waals surface area contributed by atoms with E-state index in [1.807, 2.05) is 36.4 Å². The molecule has 0 heterocycles. The van der Waals surface area contributed by atoms with Gasteiger partial charge in [-0.15, -0.1) is 0 Å². The van der Waals surface area contributed by atoms with Crippen LogP contribution in [0.25, 0.3) is 10.8 Å². The fraction of sp³-hybridized carbons (Fsp3) is 0.200. The molecular weight excluding hydrogens is 304 g/mol. The molecule has 24 heavy (non-hydrogen) atoms. The summed E-state index contributed by atoms with van der Waals surface area (Å²) < 4.78 is 10.3. The van der Waals surface area contributed by atoms with Gasteiger partial charge in [-0.3, -0.25) is 0 Å². The first-order valence-electron chi connectivity index (χ1n) is 7.53. The Kier molecular flexibility index (Phi) is 5.53. The van der Waals surface area contributed by atoms with Gasteiger partial charge in [-0.05, 0) is 47.9 Å². The van der Waals surface area contributed by atoms with E-state index in [2.05, 4.69) is 13.2 Å². The number of rotatable bonds is 6. The van der Waals surface area contributed by atoms with Gasteiger partial charge in [0.05, 0.1) is 0 Å². The summed E-state index contributed by atoms with van der Waals surface area (Å²) in [6.07, 6.45) is 0. The van der Waals surface area contributed by atoms with Crippen LogP contribution >= 0.6 is 0 Å². The average molecular weight is 324 g/mol. The van der Waals surface area contributed by atoms with Gasteiger partial charge in [0.25, 0.3) is 0 Å². The number of fused-ring (bicyclic) bond motifs is 1. The summed E-state index contributed by atoms with van der Waals surface area (Å²) in [6.45, 7) is 10.8. The van der Waals surface area contributed by atoms with Gasteiger partial charge in [-0.2, -0.15) is 0 Å². The van der Waals surface area contributed by atoms with E-state index in [0.717, 1.165) is 21.9 Å². The summed E-state index contributed by atoms with van der Waals surface area (Å²) in [5.41, 5.74) is 2.56. The van der Waals surface area contributed by atoms with E-state index in [9.17, 15) is 9.59 Å². The summed E-state index contributed by atoms with van der Waals surface area (Å²) in [5.74, 6) is -0.797. The van der Waals surface area contributed by atoms with Gasteiger partial charge < -0.3 is 9.47 Å². The molecule has 4 heteroatoms. The molecule has 0 amide bonds. The number of carbonyl (C=O) groups is 2. The molecule has 0 N–H and O–H groups in total. The van der Waals surface area contributed by atoms with Crippen LogP contribution in [0.3, 0.4) is 0 Å². The van der Waals surface area contributed by atoms with Gasteiger partial charge in [-0.1, -0.05) is 37.4 Å². The Hall–Kier alpha value is -2.88. The normalized spacial score (nSPS) is 10.2. The van der Waals surface area contributed by atoms with Crippen molar-refractivity contribution in [1.82, 2.24) is 0 Å². The third-order valence-corrected chi connectivity index (χ3v) is 3.41. The van der Waals surface area contributed by atoms with Crippen molar-refractivity contribution < 1.29 is 19.1 Å². The Labute approximate surface area is 141 Å². The van der Waals surface area contributed by atoms with Crippen LogP contribution < -0.4 is 0 Å². The highest BCUT2D eigenvalue weighted by Gasteiger charge is 2.06. The molecule has 0 bridgehead atoms. The van der Waals surface area contributed by atoms with E-state index in [0.29, 0.717) is 11.1 Å². The Morgan fingerprint density at radius 2 is 1.17 bits per heavy atom. The molecular formula is C20H20O4. The highest BCUT2D eigenvalue weighted by molar-refractivity contribution is 5.88. The van der Waals surface area contributed by atoms with Crippen LogP contribution in [0, 0.1) is 0 Å². The summed E-state index contributed by atoms with van der Waals surface area (Å²) in [7, 11) is 0. The fourth-order valence-corrected chi connectivity index (χ4v) is 2.07. The van der Waals surface area contributed by atoms with Gasteiger partial charge in [-0.25, -0.2) is 9.59 Å². The second kappa shape index (κ2) is 7.59. The van der Waals surface area contributed by atoms with Crippen molar-refractivity contribution in [1.29, 1.82) is 0 Å². The smallest absolute Gasteiger partial charge is 0.333 e. The van der Waals surface area contributed by atoms with E-state index >= 15 is 0 Å². The minimum absolute atomic E-state index is 0.208. The first-order valence-corrected chi connectivity index (χ1v) is 7.53. The number of ether oxygens (including phenoxy) is 2. The first-order chi connectivity index (χ1) is 11.4. The molecule has 0 unspecified atom stereocenters. The zero-order chi connectivity index (χ0) is 17.7. The minimum atomic E-state index is -0.398. The van der Waals surface area contributed by atoms with Crippen LogP contribution in [0.4, 0.5) is 0 Å². The van der Waals surface area contributed by atoms with Gasteiger partial charge in [0.15, 0.2) is 0 Å². The zero-order valence-electron chi connectivity index (χ0n) is 13.9. The van der Waals surface area contributed by atoms with Gasteiger partial charge in [0.2, 0.25) is 0 Å². The molecule has 0 aliphatic carbocycles. The fourth-order valence-electron chi connectivity index (χ4n) is 2.07. The van der Waals surface area contributed by atoms with Crippen LogP contribution in [0.2, 0.25) is 0 Å². The number of esters is 2. The lowest BCUT2D eigenvalue weighted by Gasteiger charge is -2.08. The molecule has 2 rings (SSSR count). The first kappa shape index (κ1) is 17.5. The SMILES string of the molecule is C=C(C)C(=O)OCc1ccc2cc(COC(=O)C(=C)C)ccc2c1. The second-order valence-electron chi connectivity index (χ2n) is 5.73. The highest BCUT2D eigenvalue weighted by atomic mass is 16.5.